The van der Waals surface area contributed by atoms with Crippen LogP contribution in [0.5, 0.6) is 0 Å². The summed E-state index contributed by atoms with van der Waals surface area (Å²) in [5.74, 6) is 0. The van der Waals surface area contributed by atoms with Gasteiger partial charge >= 0.3 is 0 Å². The smallest absolute Gasteiger partial charge is 0.0166 e. The van der Waals surface area contributed by atoms with Gasteiger partial charge in [-0.05, 0) is 30.6 Å². The van der Waals surface area contributed by atoms with Crippen molar-refractivity contribution in [3.8, 4) is 0 Å². The van der Waals surface area contributed by atoms with Gasteiger partial charge in [0.05, 0.1) is 0 Å². The summed E-state index contributed by atoms with van der Waals surface area (Å²) in [4.78, 5) is 0. The van der Waals surface area contributed by atoms with Crippen LogP contribution in [0.15, 0.2) is 23.8 Å². The molecule has 0 bridgehead atoms. The predicted octanol–water partition coefficient (Wildman–Crippen LogP) is 5.36. The van der Waals surface area contributed by atoms with Gasteiger partial charge in [0.2, 0.25) is 0 Å². The third kappa shape index (κ3) is 8.47. The molecule has 0 heterocycles. The van der Waals surface area contributed by atoms with Crippen LogP contribution in [0.4, 0.5) is 0 Å². The minimum atomic E-state index is 0.317. The average molecular weight is 208 g/mol. The van der Waals surface area contributed by atoms with Gasteiger partial charge < -0.3 is 0 Å². The lowest BCUT2D eigenvalue weighted by Gasteiger charge is -2.19. The molecule has 0 saturated heterocycles. The maximum atomic E-state index is 2.33. The summed E-state index contributed by atoms with van der Waals surface area (Å²) in [7, 11) is 0. The van der Waals surface area contributed by atoms with Crippen LogP contribution in [0.3, 0.4) is 0 Å². The fourth-order valence-electron chi connectivity index (χ4n) is 1.08. The van der Waals surface area contributed by atoms with E-state index in [1.54, 1.807) is 0 Å². The largest absolute Gasteiger partial charge is 0.0877 e. The Bertz CT molecular complexity index is 228. The molecule has 0 nitrogen and oxygen atoms in total. The SMILES string of the molecule is C/C(=C\C/C=C\CC(C)(C)C)C(C)(C)C. The summed E-state index contributed by atoms with van der Waals surface area (Å²) in [5.41, 5.74) is 2.21. The zero-order valence-electron chi connectivity index (χ0n) is 11.6. The molecule has 0 aromatic rings. The third-order valence-electron chi connectivity index (χ3n) is 2.64. The molecule has 0 aromatic heterocycles. The molecule has 0 amide bonds. The molecule has 0 aliphatic rings. The van der Waals surface area contributed by atoms with E-state index in [0.717, 1.165) is 12.8 Å². The van der Waals surface area contributed by atoms with Crippen molar-refractivity contribution in [3.63, 3.8) is 0 Å². The molecular weight excluding hydrogens is 180 g/mol. The molecule has 0 unspecified atom stereocenters. The standard InChI is InChI=1S/C15H28/c1-13(15(5,6)7)11-9-8-10-12-14(2,3)4/h8,10-11H,9,12H2,1-7H3/b10-8-,13-11+. The lowest BCUT2D eigenvalue weighted by atomic mass is 9.87. The maximum absolute atomic E-state index is 2.33. The topological polar surface area (TPSA) is 0 Å². The molecule has 0 spiro atoms. The summed E-state index contributed by atoms with van der Waals surface area (Å²) in [5, 5.41) is 0. The lowest BCUT2D eigenvalue weighted by molar-refractivity contribution is 0.420. The lowest BCUT2D eigenvalue weighted by Crippen LogP contribution is -2.06. The highest BCUT2D eigenvalue weighted by molar-refractivity contribution is 5.09. The molecule has 0 heteroatoms. The Morgan fingerprint density at radius 3 is 1.87 bits per heavy atom. The molecule has 0 radical (unpaired) electrons. The van der Waals surface area contributed by atoms with Gasteiger partial charge in [0, 0.05) is 0 Å². The Hall–Kier alpha value is -0.520. The molecule has 88 valence electrons. The summed E-state index contributed by atoms with van der Waals surface area (Å²) in [6.07, 6.45) is 9.14. The van der Waals surface area contributed by atoms with Crippen molar-refractivity contribution >= 4 is 0 Å². The van der Waals surface area contributed by atoms with Crippen LogP contribution in [-0.4, -0.2) is 0 Å². The first-order chi connectivity index (χ1) is 6.63. The Kier molecular flexibility index (Phi) is 5.34. The van der Waals surface area contributed by atoms with Crippen LogP contribution < -0.4 is 0 Å². The Morgan fingerprint density at radius 1 is 0.933 bits per heavy atom. The highest BCUT2D eigenvalue weighted by atomic mass is 14.2. The molecule has 0 saturated carbocycles. The van der Waals surface area contributed by atoms with Crippen LogP contribution in [-0.2, 0) is 0 Å². The van der Waals surface area contributed by atoms with Gasteiger partial charge in [-0.15, -0.1) is 0 Å². The van der Waals surface area contributed by atoms with Crippen LogP contribution in [0, 0.1) is 10.8 Å². The number of hydrogen-bond donors (Lipinski definition) is 0. The van der Waals surface area contributed by atoms with Crippen molar-refractivity contribution in [1.82, 2.24) is 0 Å². The van der Waals surface area contributed by atoms with E-state index in [1.165, 1.54) is 5.57 Å². The maximum Gasteiger partial charge on any atom is -0.0166 e. The summed E-state index contributed by atoms with van der Waals surface area (Å²) in [6.45, 7) is 15.8. The number of hydrogen-bond acceptors (Lipinski definition) is 0. The van der Waals surface area contributed by atoms with Crippen molar-refractivity contribution in [2.75, 3.05) is 0 Å². The molecule has 0 fully saturated rings. The van der Waals surface area contributed by atoms with Crippen molar-refractivity contribution in [3.05, 3.63) is 23.8 Å². The van der Waals surface area contributed by atoms with Gasteiger partial charge in [-0.25, -0.2) is 0 Å². The quantitative estimate of drug-likeness (QED) is 0.548. The van der Waals surface area contributed by atoms with Crippen LogP contribution in [0.25, 0.3) is 0 Å². The van der Waals surface area contributed by atoms with Gasteiger partial charge in [0.15, 0.2) is 0 Å². The second-order valence-corrected chi connectivity index (χ2v) is 6.61. The zero-order valence-corrected chi connectivity index (χ0v) is 11.6. The van der Waals surface area contributed by atoms with Gasteiger partial charge in [0.1, 0.15) is 0 Å². The van der Waals surface area contributed by atoms with Crippen LogP contribution >= 0.6 is 0 Å². The fraction of sp³-hybridized carbons (Fsp3) is 0.733. The highest BCUT2D eigenvalue weighted by Gasteiger charge is 2.11. The first-order valence-electron chi connectivity index (χ1n) is 5.95. The fourth-order valence-corrected chi connectivity index (χ4v) is 1.08. The monoisotopic (exact) mass is 208 g/mol. The van der Waals surface area contributed by atoms with E-state index in [-0.39, 0.29) is 0 Å². The second-order valence-electron chi connectivity index (χ2n) is 6.61. The Morgan fingerprint density at radius 2 is 1.47 bits per heavy atom. The van der Waals surface area contributed by atoms with E-state index in [2.05, 4.69) is 66.7 Å². The Labute approximate surface area is 96.5 Å². The molecule has 0 aromatic carbocycles. The zero-order chi connectivity index (χ0) is 12.1. The van der Waals surface area contributed by atoms with E-state index < -0.39 is 0 Å². The molecule has 0 aliphatic heterocycles. The molecule has 15 heavy (non-hydrogen) atoms. The normalized spacial score (nSPS) is 15.0. The minimum absolute atomic E-state index is 0.317. The van der Waals surface area contributed by atoms with Crippen molar-refractivity contribution in [2.24, 2.45) is 10.8 Å². The average Bonchev–Trinajstić information content (AvgIpc) is 1.99. The third-order valence-corrected chi connectivity index (χ3v) is 2.64. The first kappa shape index (κ1) is 14.5. The van der Waals surface area contributed by atoms with Crippen LogP contribution in [0.2, 0.25) is 0 Å². The molecule has 0 N–H and O–H groups in total. The first-order valence-corrected chi connectivity index (χ1v) is 5.95. The molecular formula is C15H28. The van der Waals surface area contributed by atoms with Gasteiger partial charge in [-0.3, -0.25) is 0 Å². The second kappa shape index (κ2) is 5.53. The molecule has 0 atom stereocenters. The van der Waals surface area contributed by atoms with E-state index in [4.69, 9.17) is 0 Å². The molecule has 0 rings (SSSR count). The minimum Gasteiger partial charge on any atom is -0.0877 e. The van der Waals surface area contributed by atoms with Crippen molar-refractivity contribution in [1.29, 1.82) is 0 Å². The summed E-state index contributed by atoms with van der Waals surface area (Å²) < 4.78 is 0. The number of allylic oxidation sites excluding steroid dienone is 4. The summed E-state index contributed by atoms with van der Waals surface area (Å²) in [6, 6.07) is 0. The Balaban J connectivity index is 3.99. The van der Waals surface area contributed by atoms with Crippen LogP contribution in [0.1, 0.15) is 61.3 Å². The van der Waals surface area contributed by atoms with Crippen molar-refractivity contribution in [2.45, 2.75) is 61.3 Å². The van der Waals surface area contributed by atoms with E-state index in [0.29, 0.717) is 10.8 Å². The highest BCUT2D eigenvalue weighted by Crippen LogP contribution is 2.24. The summed E-state index contributed by atoms with van der Waals surface area (Å²) >= 11 is 0. The van der Waals surface area contributed by atoms with Gasteiger partial charge in [-0.2, -0.15) is 0 Å². The van der Waals surface area contributed by atoms with E-state index in [9.17, 15) is 0 Å². The van der Waals surface area contributed by atoms with E-state index in [1.807, 2.05) is 0 Å². The predicted molar refractivity (Wildman–Crippen MR) is 71.0 cm³/mol. The molecule has 0 aliphatic carbocycles. The van der Waals surface area contributed by atoms with Gasteiger partial charge in [-0.1, -0.05) is 65.3 Å². The number of rotatable bonds is 3. The van der Waals surface area contributed by atoms with Gasteiger partial charge in [0.25, 0.3) is 0 Å². The van der Waals surface area contributed by atoms with E-state index >= 15 is 0 Å². The van der Waals surface area contributed by atoms with Crippen molar-refractivity contribution < 1.29 is 0 Å².